The lowest BCUT2D eigenvalue weighted by atomic mass is 10.1. The normalized spacial score (nSPS) is 11.5. The summed E-state index contributed by atoms with van der Waals surface area (Å²) in [5.41, 5.74) is 0.466. The van der Waals surface area contributed by atoms with Crippen molar-refractivity contribution >= 4 is 17.7 Å². The van der Waals surface area contributed by atoms with E-state index in [0.717, 1.165) is 0 Å². The summed E-state index contributed by atoms with van der Waals surface area (Å²) in [7, 11) is 4.31. The predicted octanol–water partition coefficient (Wildman–Crippen LogP) is 2.02. The summed E-state index contributed by atoms with van der Waals surface area (Å²) in [6, 6.07) is 3.75. The second-order valence-electron chi connectivity index (χ2n) is 4.91. The van der Waals surface area contributed by atoms with Gasteiger partial charge in [0.2, 0.25) is 0 Å². The topological polar surface area (TPSA) is 85.9 Å². The van der Waals surface area contributed by atoms with E-state index in [1.165, 1.54) is 21.3 Å². The molecule has 0 heterocycles. The second-order valence-corrected chi connectivity index (χ2v) is 4.91. The lowest BCUT2D eigenvalue weighted by Gasteiger charge is -2.20. The van der Waals surface area contributed by atoms with E-state index < -0.39 is 18.0 Å². The molecule has 0 radical (unpaired) electrons. The number of amides is 2. The molecular formula is C15H22N2O5. The number of methoxy groups -OCH3 is 3. The van der Waals surface area contributed by atoms with Gasteiger partial charge in [0, 0.05) is 6.07 Å². The largest absolute Gasteiger partial charge is 0.497 e. The third-order valence-electron chi connectivity index (χ3n) is 3.07. The Hall–Kier alpha value is -2.44. The Labute approximate surface area is 129 Å². The van der Waals surface area contributed by atoms with E-state index in [1.807, 2.05) is 13.8 Å². The lowest BCUT2D eigenvalue weighted by Crippen LogP contribution is -2.46. The fourth-order valence-electron chi connectivity index (χ4n) is 1.83. The monoisotopic (exact) mass is 310 g/mol. The number of rotatable bonds is 6. The van der Waals surface area contributed by atoms with Crippen LogP contribution in [0.5, 0.6) is 11.5 Å². The molecule has 0 bridgehead atoms. The molecule has 0 aliphatic heterocycles. The summed E-state index contributed by atoms with van der Waals surface area (Å²) in [4.78, 5) is 23.7. The van der Waals surface area contributed by atoms with Crippen molar-refractivity contribution in [3.8, 4) is 11.5 Å². The summed E-state index contributed by atoms with van der Waals surface area (Å²) in [5.74, 6) is 0.467. The maximum atomic E-state index is 12.1. The van der Waals surface area contributed by atoms with Crippen LogP contribution in [-0.4, -0.2) is 39.4 Å². The van der Waals surface area contributed by atoms with Gasteiger partial charge in [0.1, 0.15) is 17.5 Å². The Morgan fingerprint density at radius 3 is 2.27 bits per heavy atom. The molecule has 0 aromatic heterocycles. The molecule has 0 aliphatic carbocycles. The first kappa shape index (κ1) is 17.6. The van der Waals surface area contributed by atoms with Crippen LogP contribution >= 0.6 is 0 Å². The van der Waals surface area contributed by atoms with Crippen LogP contribution in [0.15, 0.2) is 18.2 Å². The predicted molar refractivity (Wildman–Crippen MR) is 82.3 cm³/mol. The van der Waals surface area contributed by atoms with Crippen LogP contribution in [0.3, 0.4) is 0 Å². The summed E-state index contributed by atoms with van der Waals surface area (Å²) < 4.78 is 15.0. The molecule has 1 aromatic carbocycles. The number of benzene rings is 1. The minimum absolute atomic E-state index is 0.101. The van der Waals surface area contributed by atoms with E-state index >= 15 is 0 Å². The molecule has 0 aliphatic rings. The van der Waals surface area contributed by atoms with Gasteiger partial charge in [0.25, 0.3) is 0 Å². The number of carbonyl (C=O) groups excluding carboxylic acids is 2. The number of nitrogens with one attached hydrogen (secondary N) is 2. The van der Waals surface area contributed by atoms with Gasteiger partial charge in [-0.1, -0.05) is 13.8 Å². The third-order valence-corrected chi connectivity index (χ3v) is 3.07. The zero-order chi connectivity index (χ0) is 16.7. The zero-order valence-corrected chi connectivity index (χ0v) is 13.4. The van der Waals surface area contributed by atoms with Gasteiger partial charge in [-0.25, -0.2) is 9.59 Å². The Morgan fingerprint density at radius 1 is 1.09 bits per heavy atom. The van der Waals surface area contributed by atoms with E-state index in [-0.39, 0.29) is 5.92 Å². The molecule has 2 amide bonds. The standard InChI is InChI=1S/C15H22N2O5/c1-9(2)13(14(18)22-5)17-15(19)16-11-7-6-10(20-3)8-12(11)21-4/h6-9,13H,1-5H3,(H2,16,17,19). The number of hydrogen-bond donors (Lipinski definition) is 2. The molecule has 0 saturated heterocycles. The highest BCUT2D eigenvalue weighted by molar-refractivity contribution is 5.94. The third kappa shape index (κ3) is 4.54. The maximum Gasteiger partial charge on any atom is 0.328 e. The van der Waals surface area contributed by atoms with E-state index in [1.54, 1.807) is 18.2 Å². The van der Waals surface area contributed by atoms with Gasteiger partial charge in [0.05, 0.1) is 27.0 Å². The van der Waals surface area contributed by atoms with Crippen molar-refractivity contribution in [2.45, 2.75) is 19.9 Å². The molecule has 7 nitrogen and oxygen atoms in total. The van der Waals surface area contributed by atoms with E-state index in [2.05, 4.69) is 15.4 Å². The van der Waals surface area contributed by atoms with Gasteiger partial charge in [-0.15, -0.1) is 0 Å². The fraction of sp³-hybridized carbons (Fsp3) is 0.467. The quantitative estimate of drug-likeness (QED) is 0.785. The minimum Gasteiger partial charge on any atom is -0.497 e. The Balaban J connectivity index is 2.82. The van der Waals surface area contributed by atoms with Crippen molar-refractivity contribution in [3.05, 3.63) is 18.2 Å². The van der Waals surface area contributed by atoms with Gasteiger partial charge >= 0.3 is 12.0 Å². The van der Waals surface area contributed by atoms with E-state index in [0.29, 0.717) is 17.2 Å². The molecule has 1 rings (SSSR count). The number of urea groups is 1. The van der Waals surface area contributed by atoms with Crippen LogP contribution in [0.25, 0.3) is 0 Å². The molecular weight excluding hydrogens is 288 g/mol. The van der Waals surface area contributed by atoms with Crippen molar-refractivity contribution in [1.29, 1.82) is 0 Å². The van der Waals surface area contributed by atoms with Crippen molar-refractivity contribution < 1.29 is 23.8 Å². The lowest BCUT2D eigenvalue weighted by molar-refractivity contribution is -0.143. The average molecular weight is 310 g/mol. The molecule has 7 heteroatoms. The number of ether oxygens (including phenoxy) is 3. The first-order valence-corrected chi connectivity index (χ1v) is 6.80. The van der Waals surface area contributed by atoms with Crippen LogP contribution in [0.2, 0.25) is 0 Å². The molecule has 2 N–H and O–H groups in total. The molecule has 0 fully saturated rings. The Bertz CT molecular complexity index is 531. The van der Waals surface area contributed by atoms with Crippen molar-refractivity contribution in [2.24, 2.45) is 5.92 Å². The van der Waals surface area contributed by atoms with Crippen molar-refractivity contribution in [1.82, 2.24) is 5.32 Å². The molecule has 122 valence electrons. The van der Waals surface area contributed by atoms with Crippen LogP contribution in [-0.2, 0) is 9.53 Å². The van der Waals surface area contributed by atoms with Gasteiger partial charge in [-0.3, -0.25) is 0 Å². The van der Waals surface area contributed by atoms with Crippen molar-refractivity contribution in [3.63, 3.8) is 0 Å². The molecule has 0 spiro atoms. The van der Waals surface area contributed by atoms with Crippen LogP contribution in [0.1, 0.15) is 13.8 Å². The second kappa shape index (κ2) is 8.11. The number of hydrogen-bond acceptors (Lipinski definition) is 5. The smallest absolute Gasteiger partial charge is 0.328 e. The average Bonchev–Trinajstić information content (AvgIpc) is 2.51. The number of esters is 1. The maximum absolute atomic E-state index is 12.1. The molecule has 1 atom stereocenters. The summed E-state index contributed by atoms with van der Waals surface area (Å²) in [5, 5.41) is 5.22. The summed E-state index contributed by atoms with van der Waals surface area (Å²) in [6.45, 7) is 3.63. The van der Waals surface area contributed by atoms with Crippen LogP contribution in [0, 0.1) is 5.92 Å². The van der Waals surface area contributed by atoms with Gasteiger partial charge < -0.3 is 24.8 Å². The highest BCUT2D eigenvalue weighted by atomic mass is 16.5. The fourth-order valence-corrected chi connectivity index (χ4v) is 1.83. The SMILES string of the molecule is COC(=O)C(NC(=O)Nc1ccc(OC)cc1OC)C(C)C. The van der Waals surface area contributed by atoms with Gasteiger partial charge in [-0.2, -0.15) is 0 Å². The molecule has 0 saturated carbocycles. The molecule has 1 unspecified atom stereocenters. The first-order chi connectivity index (χ1) is 10.4. The Morgan fingerprint density at radius 2 is 1.77 bits per heavy atom. The summed E-state index contributed by atoms with van der Waals surface area (Å²) in [6.07, 6.45) is 0. The Kier molecular flexibility index (Phi) is 6.49. The van der Waals surface area contributed by atoms with Crippen LogP contribution < -0.4 is 20.1 Å². The van der Waals surface area contributed by atoms with Crippen molar-refractivity contribution in [2.75, 3.05) is 26.6 Å². The summed E-state index contributed by atoms with van der Waals surface area (Å²) >= 11 is 0. The zero-order valence-electron chi connectivity index (χ0n) is 13.4. The van der Waals surface area contributed by atoms with Gasteiger partial charge in [-0.05, 0) is 18.1 Å². The molecule has 1 aromatic rings. The highest BCUT2D eigenvalue weighted by Crippen LogP contribution is 2.28. The minimum atomic E-state index is -0.728. The number of carbonyl (C=O) groups is 2. The van der Waals surface area contributed by atoms with Gasteiger partial charge in [0.15, 0.2) is 0 Å². The van der Waals surface area contributed by atoms with Crippen LogP contribution in [0.4, 0.5) is 10.5 Å². The molecule has 22 heavy (non-hydrogen) atoms. The van der Waals surface area contributed by atoms with E-state index in [9.17, 15) is 9.59 Å². The first-order valence-electron chi connectivity index (χ1n) is 6.80. The van der Waals surface area contributed by atoms with E-state index in [4.69, 9.17) is 9.47 Å². The number of anilines is 1. The highest BCUT2D eigenvalue weighted by Gasteiger charge is 2.25.